The highest BCUT2D eigenvalue weighted by molar-refractivity contribution is 6.30. The second kappa shape index (κ2) is 8.46. The number of carbonyl (C=O) groups is 1. The smallest absolute Gasteiger partial charge is 0.321 e. The Morgan fingerprint density at radius 2 is 1.68 bits per heavy atom. The van der Waals surface area contributed by atoms with Crippen LogP contribution in [0, 0.1) is 0 Å². The quantitative estimate of drug-likeness (QED) is 0.722. The molecule has 162 valence electrons. The van der Waals surface area contributed by atoms with Crippen LogP contribution in [0.1, 0.15) is 30.7 Å². The van der Waals surface area contributed by atoms with Crippen molar-refractivity contribution in [3.63, 3.8) is 0 Å². The number of likely N-dealkylation sites (tertiary alicyclic amines) is 1. The summed E-state index contributed by atoms with van der Waals surface area (Å²) in [5, 5.41) is 3.84. The number of carbonyl (C=O) groups excluding carboxylic acids is 1. The number of rotatable bonds is 3. The van der Waals surface area contributed by atoms with Crippen molar-refractivity contribution in [1.82, 2.24) is 9.80 Å². The van der Waals surface area contributed by atoms with Gasteiger partial charge in [0.1, 0.15) is 0 Å². The summed E-state index contributed by atoms with van der Waals surface area (Å²) in [7, 11) is 2.15. The summed E-state index contributed by atoms with van der Waals surface area (Å²) in [5.74, 6) is 0.494. The number of urea groups is 1. The van der Waals surface area contributed by atoms with Crippen LogP contribution in [0.3, 0.4) is 0 Å². The molecule has 3 heterocycles. The summed E-state index contributed by atoms with van der Waals surface area (Å²) in [6.07, 6.45) is 7.62. The molecule has 2 amide bonds. The first-order valence-corrected chi connectivity index (χ1v) is 11.5. The number of likely N-dealkylation sites (N-methyl/N-ethyl adjacent to an activating group) is 1. The molecule has 2 saturated heterocycles. The summed E-state index contributed by atoms with van der Waals surface area (Å²) >= 11 is 6.00. The Morgan fingerprint density at radius 3 is 2.39 bits per heavy atom. The molecule has 5 rings (SSSR count). The molecule has 0 bridgehead atoms. The fraction of sp³-hybridized carbons (Fsp3) is 0.400. The highest BCUT2D eigenvalue weighted by atomic mass is 35.5. The zero-order valence-corrected chi connectivity index (χ0v) is 18.6. The molecule has 2 atom stereocenters. The van der Waals surface area contributed by atoms with E-state index in [9.17, 15) is 4.79 Å². The summed E-state index contributed by atoms with van der Waals surface area (Å²) in [5.41, 5.74) is 3.38. The topological polar surface area (TPSA) is 38.8 Å². The van der Waals surface area contributed by atoms with Crippen molar-refractivity contribution < 1.29 is 4.79 Å². The van der Waals surface area contributed by atoms with Crippen molar-refractivity contribution >= 4 is 29.0 Å². The van der Waals surface area contributed by atoms with E-state index in [1.54, 1.807) is 0 Å². The van der Waals surface area contributed by atoms with Crippen molar-refractivity contribution in [2.24, 2.45) is 0 Å². The van der Waals surface area contributed by atoms with Crippen molar-refractivity contribution in [2.75, 3.05) is 36.9 Å². The van der Waals surface area contributed by atoms with Crippen LogP contribution in [0.25, 0.3) is 0 Å². The van der Waals surface area contributed by atoms with Gasteiger partial charge in [0.15, 0.2) is 0 Å². The molecule has 2 aromatic carbocycles. The van der Waals surface area contributed by atoms with Crippen molar-refractivity contribution in [2.45, 2.75) is 37.3 Å². The lowest BCUT2D eigenvalue weighted by molar-refractivity contribution is 0.194. The minimum atomic E-state index is -0.0103. The van der Waals surface area contributed by atoms with Gasteiger partial charge >= 0.3 is 6.03 Å². The van der Waals surface area contributed by atoms with E-state index in [1.807, 2.05) is 29.2 Å². The number of nitrogens with one attached hydrogen (secondary N) is 1. The normalized spacial score (nSPS) is 23.4. The molecule has 2 aromatic rings. The number of anilines is 2. The van der Waals surface area contributed by atoms with Crippen molar-refractivity contribution in [3.8, 4) is 0 Å². The average molecular weight is 437 g/mol. The van der Waals surface area contributed by atoms with Crippen LogP contribution >= 0.6 is 11.6 Å². The van der Waals surface area contributed by atoms with E-state index in [0.717, 1.165) is 43.2 Å². The Balaban J connectivity index is 1.15. The highest BCUT2D eigenvalue weighted by Gasteiger charge is 2.37. The molecule has 3 aliphatic rings. The fourth-order valence-corrected chi connectivity index (χ4v) is 5.33. The molecular formula is C25H29ClN4O. The molecule has 0 saturated carbocycles. The second-order valence-electron chi connectivity index (χ2n) is 8.84. The Kier molecular flexibility index (Phi) is 5.53. The summed E-state index contributed by atoms with van der Waals surface area (Å²) in [6, 6.07) is 17.4. The summed E-state index contributed by atoms with van der Waals surface area (Å²) in [6.45, 7) is 2.61. The predicted molar refractivity (Wildman–Crippen MR) is 127 cm³/mol. The van der Waals surface area contributed by atoms with Gasteiger partial charge in [0.05, 0.1) is 12.1 Å². The number of hydrogen-bond acceptors (Lipinski definition) is 3. The summed E-state index contributed by atoms with van der Waals surface area (Å²) in [4.78, 5) is 19.4. The first-order chi connectivity index (χ1) is 15.1. The van der Waals surface area contributed by atoms with Crippen LogP contribution in [0.4, 0.5) is 16.2 Å². The largest absolute Gasteiger partial charge is 0.375 e. The van der Waals surface area contributed by atoms with Crippen LogP contribution in [-0.4, -0.2) is 54.6 Å². The molecule has 0 aliphatic carbocycles. The maximum Gasteiger partial charge on any atom is 0.321 e. The Morgan fingerprint density at radius 1 is 0.968 bits per heavy atom. The molecule has 0 radical (unpaired) electrons. The second-order valence-corrected chi connectivity index (χ2v) is 9.27. The number of piperidine rings is 1. The van der Waals surface area contributed by atoms with Gasteiger partial charge in [-0.15, -0.1) is 0 Å². The van der Waals surface area contributed by atoms with Crippen molar-refractivity contribution in [3.05, 3.63) is 71.4 Å². The minimum absolute atomic E-state index is 0.0103. The lowest BCUT2D eigenvalue weighted by Gasteiger charge is -2.32. The maximum absolute atomic E-state index is 12.8. The SMILES string of the molecule is CN1C=CC2C1CCN2c1ccc(NC(=O)N2CCC(c3ccc(Cl)cc3)CC2)cc1. The van der Waals surface area contributed by atoms with Gasteiger partial charge in [0, 0.05) is 43.1 Å². The van der Waals surface area contributed by atoms with E-state index in [1.165, 1.54) is 17.7 Å². The van der Waals surface area contributed by atoms with Crippen LogP contribution in [-0.2, 0) is 0 Å². The van der Waals surface area contributed by atoms with Gasteiger partial charge in [-0.3, -0.25) is 0 Å². The first kappa shape index (κ1) is 20.3. The monoisotopic (exact) mass is 436 g/mol. The molecule has 2 unspecified atom stereocenters. The van der Waals surface area contributed by atoms with E-state index in [0.29, 0.717) is 18.0 Å². The van der Waals surface area contributed by atoms with Gasteiger partial charge in [0.25, 0.3) is 0 Å². The minimum Gasteiger partial charge on any atom is -0.375 e. The molecule has 3 aliphatic heterocycles. The predicted octanol–water partition coefficient (Wildman–Crippen LogP) is 5.16. The Bertz CT molecular complexity index is 950. The number of amides is 2. The standard InChI is InChI=1S/C25H29ClN4O/c1-28-14-12-24-23(28)13-17-30(24)22-8-6-21(7-9-22)27-25(31)29-15-10-19(11-16-29)18-2-4-20(26)5-3-18/h2-9,12,14,19,23-24H,10-11,13,15-17H2,1H3,(H,27,31). The van der Waals surface area contributed by atoms with E-state index >= 15 is 0 Å². The third-order valence-electron chi connectivity index (χ3n) is 7.04. The van der Waals surface area contributed by atoms with Crippen LogP contribution in [0.5, 0.6) is 0 Å². The Hall–Kier alpha value is -2.66. The van der Waals surface area contributed by atoms with Gasteiger partial charge in [-0.05, 0) is 79.4 Å². The van der Waals surface area contributed by atoms with Gasteiger partial charge in [-0.25, -0.2) is 4.79 Å². The Labute approximate surface area is 189 Å². The lowest BCUT2D eigenvalue weighted by Crippen LogP contribution is -2.40. The molecule has 31 heavy (non-hydrogen) atoms. The number of fused-ring (bicyclic) bond motifs is 1. The molecule has 6 heteroatoms. The third kappa shape index (κ3) is 4.11. The van der Waals surface area contributed by atoms with Crippen molar-refractivity contribution in [1.29, 1.82) is 0 Å². The number of nitrogens with zero attached hydrogens (tertiary/aromatic N) is 3. The molecule has 1 N–H and O–H groups in total. The van der Waals surface area contributed by atoms with E-state index in [2.05, 4.69) is 58.7 Å². The van der Waals surface area contributed by atoms with E-state index < -0.39 is 0 Å². The van der Waals surface area contributed by atoms with E-state index in [-0.39, 0.29) is 6.03 Å². The fourth-order valence-electron chi connectivity index (χ4n) is 5.20. The van der Waals surface area contributed by atoms with E-state index in [4.69, 9.17) is 11.6 Å². The zero-order valence-electron chi connectivity index (χ0n) is 17.9. The molecule has 5 nitrogen and oxygen atoms in total. The lowest BCUT2D eigenvalue weighted by atomic mass is 9.89. The van der Waals surface area contributed by atoms with Crippen LogP contribution in [0.15, 0.2) is 60.8 Å². The summed E-state index contributed by atoms with van der Waals surface area (Å²) < 4.78 is 0. The average Bonchev–Trinajstić information content (AvgIpc) is 3.38. The van der Waals surface area contributed by atoms with Gasteiger partial charge in [-0.2, -0.15) is 0 Å². The molecular weight excluding hydrogens is 408 g/mol. The number of benzene rings is 2. The van der Waals surface area contributed by atoms with Gasteiger partial charge in [-0.1, -0.05) is 23.7 Å². The third-order valence-corrected chi connectivity index (χ3v) is 7.29. The maximum atomic E-state index is 12.8. The molecule has 2 fully saturated rings. The first-order valence-electron chi connectivity index (χ1n) is 11.2. The molecule has 0 aromatic heterocycles. The number of hydrogen-bond donors (Lipinski definition) is 1. The van der Waals surface area contributed by atoms with Gasteiger partial charge in [0.2, 0.25) is 0 Å². The zero-order chi connectivity index (χ0) is 21.4. The number of halogens is 1. The van der Waals surface area contributed by atoms with Gasteiger partial charge < -0.3 is 20.0 Å². The highest BCUT2D eigenvalue weighted by Crippen LogP contribution is 2.33. The van der Waals surface area contributed by atoms with Crippen LogP contribution in [0.2, 0.25) is 5.02 Å². The molecule has 0 spiro atoms. The van der Waals surface area contributed by atoms with Crippen LogP contribution < -0.4 is 10.2 Å².